The van der Waals surface area contributed by atoms with Crippen LogP contribution in [0.3, 0.4) is 0 Å². The van der Waals surface area contributed by atoms with Crippen LogP contribution in [0.1, 0.15) is 18.0 Å². The third-order valence-corrected chi connectivity index (χ3v) is 4.95. The fourth-order valence-corrected chi connectivity index (χ4v) is 3.58. The molecule has 1 aromatic rings. The van der Waals surface area contributed by atoms with Crippen LogP contribution in [0.4, 0.5) is 11.4 Å². The van der Waals surface area contributed by atoms with Crippen LogP contribution in [-0.4, -0.2) is 52.2 Å². The summed E-state index contributed by atoms with van der Waals surface area (Å²) in [5, 5.41) is 0. The fraction of sp³-hybridized carbons (Fsp3) is 0.625. The first kappa shape index (κ1) is 13.7. The molecule has 0 bridgehead atoms. The Bertz CT molecular complexity index is 487. The Kier molecular flexibility index (Phi) is 3.61. The summed E-state index contributed by atoms with van der Waals surface area (Å²) in [5.74, 6) is 0.640. The van der Waals surface area contributed by atoms with Crippen LogP contribution >= 0.6 is 0 Å². The zero-order valence-electron chi connectivity index (χ0n) is 12.8. The second-order valence-corrected chi connectivity index (χ2v) is 6.38. The maximum Gasteiger partial charge on any atom is 0.0605 e. The molecule has 0 saturated carbocycles. The summed E-state index contributed by atoms with van der Waals surface area (Å²) in [5.41, 5.74) is 9.99. The van der Waals surface area contributed by atoms with E-state index in [0.717, 1.165) is 26.2 Å². The second-order valence-electron chi connectivity index (χ2n) is 6.38. The van der Waals surface area contributed by atoms with E-state index >= 15 is 0 Å². The average Bonchev–Trinajstić information content (AvgIpc) is 2.84. The maximum atomic E-state index is 5.85. The van der Waals surface area contributed by atoms with Gasteiger partial charge in [-0.3, -0.25) is 4.90 Å². The SMILES string of the molecule is CN1CCN(C)c2cc(C3CC(CN)CN3C)ccc21. The zero-order valence-corrected chi connectivity index (χ0v) is 12.8. The number of fused-ring (bicyclic) bond motifs is 1. The molecule has 1 fully saturated rings. The number of likely N-dealkylation sites (N-methyl/N-ethyl adjacent to an activating group) is 2. The molecule has 0 radical (unpaired) electrons. The summed E-state index contributed by atoms with van der Waals surface area (Å²) in [6.07, 6.45) is 1.19. The predicted octanol–water partition coefficient (Wildman–Crippen LogP) is 1.52. The van der Waals surface area contributed by atoms with Crippen molar-refractivity contribution in [3.63, 3.8) is 0 Å². The molecule has 0 amide bonds. The molecule has 4 nitrogen and oxygen atoms in total. The molecule has 2 aliphatic rings. The molecule has 1 aromatic carbocycles. The number of hydrogen-bond acceptors (Lipinski definition) is 4. The molecule has 2 aliphatic heterocycles. The van der Waals surface area contributed by atoms with E-state index in [-0.39, 0.29) is 0 Å². The van der Waals surface area contributed by atoms with E-state index < -0.39 is 0 Å². The van der Waals surface area contributed by atoms with Crippen molar-refractivity contribution in [2.75, 3.05) is 57.1 Å². The second kappa shape index (κ2) is 5.26. The lowest BCUT2D eigenvalue weighted by Crippen LogP contribution is -2.36. The van der Waals surface area contributed by atoms with Crippen molar-refractivity contribution >= 4 is 11.4 Å². The van der Waals surface area contributed by atoms with Gasteiger partial charge in [0.2, 0.25) is 0 Å². The number of rotatable bonds is 2. The number of hydrogen-bond donors (Lipinski definition) is 1. The Morgan fingerprint density at radius 3 is 2.45 bits per heavy atom. The highest BCUT2D eigenvalue weighted by Crippen LogP contribution is 2.39. The molecule has 0 aromatic heterocycles. The standard InChI is InChI=1S/C16H26N4/c1-18-6-7-19(2)16-9-13(4-5-14(16)18)15-8-12(10-17)11-20(15)3/h4-5,9,12,15H,6-8,10-11,17H2,1-3H3. The normalized spacial score (nSPS) is 27.0. The van der Waals surface area contributed by atoms with Crippen molar-refractivity contribution in [1.29, 1.82) is 0 Å². The van der Waals surface area contributed by atoms with E-state index in [1.165, 1.54) is 23.4 Å². The van der Waals surface area contributed by atoms with Crippen LogP contribution in [0.25, 0.3) is 0 Å². The fourth-order valence-electron chi connectivity index (χ4n) is 3.58. The highest BCUT2D eigenvalue weighted by molar-refractivity contribution is 5.73. The van der Waals surface area contributed by atoms with Gasteiger partial charge in [-0.1, -0.05) is 6.07 Å². The van der Waals surface area contributed by atoms with Gasteiger partial charge >= 0.3 is 0 Å². The zero-order chi connectivity index (χ0) is 14.3. The Balaban J connectivity index is 1.90. The number of benzene rings is 1. The first-order valence-corrected chi connectivity index (χ1v) is 7.56. The van der Waals surface area contributed by atoms with Gasteiger partial charge in [0.15, 0.2) is 0 Å². The Morgan fingerprint density at radius 1 is 1.10 bits per heavy atom. The van der Waals surface area contributed by atoms with Crippen LogP contribution in [0.15, 0.2) is 18.2 Å². The highest BCUT2D eigenvalue weighted by Gasteiger charge is 2.30. The van der Waals surface area contributed by atoms with E-state index in [4.69, 9.17) is 5.73 Å². The number of likely N-dealkylation sites (tertiary alicyclic amines) is 1. The van der Waals surface area contributed by atoms with E-state index in [2.05, 4.69) is 54.0 Å². The lowest BCUT2D eigenvalue weighted by molar-refractivity contribution is 0.313. The number of nitrogens with zero attached hydrogens (tertiary/aromatic N) is 3. The Hall–Kier alpha value is -1.26. The summed E-state index contributed by atoms with van der Waals surface area (Å²) in [6, 6.07) is 7.48. The average molecular weight is 274 g/mol. The maximum absolute atomic E-state index is 5.85. The predicted molar refractivity (Wildman–Crippen MR) is 85.5 cm³/mol. The van der Waals surface area contributed by atoms with Crippen molar-refractivity contribution in [3.05, 3.63) is 23.8 Å². The molecule has 2 atom stereocenters. The van der Waals surface area contributed by atoms with Crippen LogP contribution in [0.2, 0.25) is 0 Å². The van der Waals surface area contributed by atoms with Crippen LogP contribution in [0.5, 0.6) is 0 Å². The minimum atomic E-state index is 0.523. The van der Waals surface area contributed by atoms with Gasteiger partial charge < -0.3 is 15.5 Å². The summed E-state index contributed by atoms with van der Waals surface area (Å²) < 4.78 is 0. The molecule has 2 unspecified atom stereocenters. The van der Waals surface area contributed by atoms with Gasteiger partial charge in [-0.05, 0) is 43.6 Å². The summed E-state index contributed by atoms with van der Waals surface area (Å²) in [4.78, 5) is 7.17. The number of nitrogens with two attached hydrogens (primary N) is 1. The molecule has 110 valence electrons. The molecule has 3 rings (SSSR count). The van der Waals surface area contributed by atoms with Gasteiger partial charge in [0.25, 0.3) is 0 Å². The molecule has 0 spiro atoms. The van der Waals surface area contributed by atoms with Gasteiger partial charge in [0.05, 0.1) is 11.4 Å². The van der Waals surface area contributed by atoms with Gasteiger partial charge in [-0.15, -0.1) is 0 Å². The van der Waals surface area contributed by atoms with Gasteiger partial charge in [0, 0.05) is 39.8 Å². The Morgan fingerprint density at radius 2 is 1.80 bits per heavy atom. The van der Waals surface area contributed by atoms with E-state index in [1.807, 2.05) is 0 Å². The topological polar surface area (TPSA) is 35.7 Å². The van der Waals surface area contributed by atoms with E-state index in [0.29, 0.717) is 12.0 Å². The largest absolute Gasteiger partial charge is 0.371 e. The minimum Gasteiger partial charge on any atom is -0.371 e. The monoisotopic (exact) mass is 274 g/mol. The molecular formula is C16H26N4. The van der Waals surface area contributed by atoms with Crippen LogP contribution in [-0.2, 0) is 0 Å². The first-order chi connectivity index (χ1) is 9.60. The summed E-state index contributed by atoms with van der Waals surface area (Å²) in [7, 11) is 6.59. The van der Waals surface area contributed by atoms with E-state index in [9.17, 15) is 0 Å². The molecule has 20 heavy (non-hydrogen) atoms. The third-order valence-electron chi connectivity index (χ3n) is 4.95. The van der Waals surface area contributed by atoms with Crippen molar-refractivity contribution in [1.82, 2.24) is 4.90 Å². The Labute approximate surface area is 122 Å². The molecule has 1 saturated heterocycles. The quantitative estimate of drug-likeness (QED) is 0.887. The van der Waals surface area contributed by atoms with Crippen molar-refractivity contribution in [2.45, 2.75) is 12.5 Å². The smallest absolute Gasteiger partial charge is 0.0605 e. The van der Waals surface area contributed by atoms with Crippen LogP contribution < -0.4 is 15.5 Å². The van der Waals surface area contributed by atoms with Crippen molar-refractivity contribution < 1.29 is 0 Å². The first-order valence-electron chi connectivity index (χ1n) is 7.56. The summed E-state index contributed by atoms with van der Waals surface area (Å²) in [6.45, 7) is 4.11. The molecule has 2 heterocycles. The van der Waals surface area contributed by atoms with Gasteiger partial charge in [-0.2, -0.15) is 0 Å². The molecule has 4 heteroatoms. The van der Waals surface area contributed by atoms with Crippen molar-refractivity contribution in [3.8, 4) is 0 Å². The highest BCUT2D eigenvalue weighted by atomic mass is 15.2. The summed E-state index contributed by atoms with van der Waals surface area (Å²) >= 11 is 0. The lowest BCUT2D eigenvalue weighted by Gasteiger charge is -2.35. The molecule has 2 N–H and O–H groups in total. The lowest BCUT2D eigenvalue weighted by atomic mass is 9.98. The number of anilines is 2. The van der Waals surface area contributed by atoms with Crippen LogP contribution in [0, 0.1) is 5.92 Å². The van der Waals surface area contributed by atoms with E-state index in [1.54, 1.807) is 0 Å². The minimum absolute atomic E-state index is 0.523. The van der Waals surface area contributed by atoms with Crippen molar-refractivity contribution in [2.24, 2.45) is 11.7 Å². The third kappa shape index (κ3) is 2.27. The molecule has 0 aliphatic carbocycles. The molecular weight excluding hydrogens is 248 g/mol. The van der Waals surface area contributed by atoms with Gasteiger partial charge in [-0.25, -0.2) is 0 Å². The van der Waals surface area contributed by atoms with Gasteiger partial charge in [0.1, 0.15) is 0 Å².